The highest BCUT2D eigenvalue weighted by molar-refractivity contribution is 7.97. The summed E-state index contributed by atoms with van der Waals surface area (Å²) in [6.07, 6.45) is 7.88. The average molecular weight is 454 g/mol. The van der Waals surface area contributed by atoms with Gasteiger partial charge in [0.25, 0.3) is 0 Å². The van der Waals surface area contributed by atoms with E-state index in [0.717, 1.165) is 42.1 Å². The number of ether oxygens (including phenoxy) is 1. The molecule has 0 N–H and O–H groups in total. The summed E-state index contributed by atoms with van der Waals surface area (Å²) < 4.78 is 6.61. The third-order valence-electron chi connectivity index (χ3n) is 9.25. The van der Waals surface area contributed by atoms with Crippen LogP contribution in [0.5, 0.6) is 0 Å². The zero-order valence-corrected chi connectivity index (χ0v) is 20.0. The number of hydrogen-bond acceptors (Lipinski definition) is 1. The van der Waals surface area contributed by atoms with Crippen molar-refractivity contribution < 1.29 is 4.74 Å². The molecule has 7 rings (SSSR count). The van der Waals surface area contributed by atoms with Gasteiger partial charge in [0, 0.05) is 0 Å². The lowest BCUT2D eigenvalue weighted by Crippen LogP contribution is -2.36. The Morgan fingerprint density at radius 2 is 1.21 bits per heavy atom. The van der Waals surface area contributed by atoms with E-state index in [1.54, 1.807) is 6.42 Å². The van der Waals surface area contributed by atoms with E-state index in [0.29, 0.717) is 6.10 Å². The molecule has 33 heavy (non-hydrogen) atoms. The maximum atomic E-state index is 6.61. The second-order valence-electron chi connectivity index (χ2n) is 10.8. The van der Waals surface area contributed by atoms with Crippen LogP contribution < -0.4 is 0 Å². The molecule has 0 heterocycles. The van der Waals surface area contributed by atoms with Gasteiger partial charge in [-0.15, -0.1) is 0 Å². The maximum absolute atomic E-state index is 6.61. The van der Waals surface area contributed by atoms with Gasteiger partial charge in [-0.05, 0) is 110 Å². The fourth-order valence-electron chi connectivity index (χ4n) is 8.14. The van der Waals surface area contributed by atoms with E-state index < -0.39 is 0 Å². The fourth-order valence-corrected chi connectivity index (χ4v) is 10.2. The number of hydrogen-bond donors (Lipinski definition) is 0. The van der Waals surface area contributed by atoms with Gasteiger partial charge in [-0.25, -0.2) is 0 Å². The third kappa shape index (κ3) is 3.49. The van der Waals surface area contributed by atoms with E-state index in [-0.39, 0.29) is 10.9 Å². The third-order valence-corrected chi connectivity index (χ3v) is 11.5. The fraction of sp³-hybridized carbons (Fsp3) is 0.419. The topological polar surface area (TPSA) is 9.23 Å². The smallest absolute Gasteiger partial charge is 0.166 e. The van der Waals surface area contributed by atoms with Crippen LogP contribution in [0.3, 0.4) is 0 Å². The van der Waals surface area contributed by atoms with E-state index >= 15 is 0 Å². The van der Waals surface area contributed by atoms with E-state index in [1.807, 2.05) is 0 Å². The van der Waals surface area contributed by atoms with Crippen molar-refractivity contribution in [2.24, 2.45) is 35.5 Å². The Bertz CT molecular complexity index is 1060. The Balaban J connectivity index is 1.06. The molecule has 3 aromatic rings. The summed E-state index contributed by atoms with van der Waals surface area (Å²) >= 11 is 0. The minimum atomic E-state index is -0.0751. The minimum absolute atomic E-state index is 0.0751. The minimum Gasteiger partial charge on any atom is -0.373 e. The van der Waals surface area contributed by atoms with E-state index in [1.165, 1.54) is 45.9 Å². The monoisotopic (exact) mass is 453 g/mol. The van der Waals surface area contributed by atoms with Gasteiger partial charge in [-0.1, -0.05) is 48.5 Å². The van der Waals surface area contributed by atoms with Crippen molar-refractivity contribution in [3.8, 4) is 0 Å². The molecule has 2 heteroatoms. The van der Waals surface area contributed by atoms with Crippen molar-refractivity contribution in [1.82, 2.24) is 0 Å². The molecule has 0 radical (unpaired) electrons. The maximum Gasteiger partial charge on any atom is 0.166 e. The van der Waals surface area contributed by atoms with Crippen molar-refractivity contribution in [1.29, 1.82) is 0 Å². The summed E-state index contributed by atoms with van der Waals surface area (Å²) in [5.74, 6) is 6.02. The molecule has 168 valence electrons. The predicted octanol–water partition coefficient (Wildman–Crippen LogP) is 7.37. The Kier molecular flexibility index (Phi) is 5.13. The van der Waals surface area contributed by atoms with Crippen molar-refractivity contribution in [3.05, 3.63) is 90.5 Å². The van der Waals surface area contributed by atoms with Crippen LogP contribution in [0.15, 0.2) is 99.6 Å². The zero-order valence-electron chi connectivity index (χ0n) is 19.2. The zero-order chi connectivity index (χ0) is 21.8. The Hall–Kier alpha value is -2.03. The predicted molar refractivity (Wildman–Crippen MR) is 134 cm³/mol. The Morgan fingerprint density at radius 3 is 1.88 bits per heavy atom. The number of fused-ring (bicyclic) bond motifs is 9. The lowest BCUT2D eigenvalue weighted by atomic mass is 9.70. The first-order valence-corrected chi connectivity index (χ1v) is 14.1. The molecule has 4 saturated carbocycles. The normalized spacial score (nSPS) is 33.7. The summed E-state index contributed by atoms with van der Waals surface area (Å²) in [6.45, 7) is 0.768. The molecule has 4 aliphatic carbocycles. The standard InChI is InChI=1S/C31H33OS/c1-3-7-25(8-4-1)33(26-9-5-2-6-10-26)27-15-11-21(12-16-27)20-32-29-19-24-18-28(29)31-23-14-13-22(17-23)30(24)31/h1-12,15-16,22-24,28-31H,13-14,17-20H2/q+1. The Labute approximate surface area is 200 Å². The first-order valence-electron chi connectivity index (χ1n) is 12.9. The molecule has 0 aliphatic heterocycles. The summed E-state index contributed by atoms with van der Waals surface area (Å²) in [7, 11) is -0.0751. The van der Waals surface area contributed by atoms with E-state index in [2.05, 4.69) is 84.9 Å². The molecule has 0 spiro atoms. The first kappa shape index (κ1) is 20.4. The largest absolute Gasteiger partial charge is 0.373 e. The van der Waals surface area contributed by atoms with E-state index in [9.17, 15) is 0 Å². The van der Waals surface area contributed by atoms with Crippen LogP contribution in [0.1, 0.15) is 37.7 Å². The van der Waals surface area contributed by atoms with Gasteiger partial charge >= 0.3 is 0 Å². The van der Waals surface area contributed by atoms with Crippen LogP contribution in [-0.4, -0.2) is 6.10 Å². The molecule has 0 saturated heterocycles. The lowest BCUT2D eigenvalue weighted by molar-refractivity contribution is -0.0367. The van der Waals surface area contributed by atoms with Crippen LogP contribution in [0.2, 0.25) is 0 Å². The van der Waals surface area contributed by atoms with Crippen molar-refractivity contribution in [2.75, 3.05) is 0 Å². The van der Waals surface area contributed by atoms with E-state index in [4.69, 9.17) is 4.74 Å². The summed E-state index contributed by atoms with van der Waals surface area (Å²) in [5.41, 5.74) is 1.32. The highest BCUT2D eigenvalue weighted by Gasteiger charge is 2.62. The molecule has 4 fully saturated rings. The molecular formula is C31H33OS+. The molecule has 4 aliphatic rings. The summed E-state index contributed by atoms with van der Waals surface area (Å²) in [6, 6.07) is 31.1. The van der Waals surface area contributed by atoms with Gasteiger partial charge in [-0.3, -0.25) is 0 Å². The second kappa shape index (κ2) is 8.32. The molecule has 0 amide bonds. The molecule has 0 aromatic heterocycles. The second-order valence-corrected chi connectivity index (χ2v) is 12.8. The van der Waals surface area contributed by atoms with Crippen LogP contribution in [0.25, 0.3) is 0 Å². The molecule has 4 bridgehead atoms. The van der Waals surface area contributed by atoms with Crippen molar-refractivity contribution in [2.45, 2.75) is 59.5 Å². The van der Waals surface area contributed by atoms with Gasteiger partial charge in [0.15, 0.2) is 14.7 Å². The Morgan fingerprint density at radius 1 is 0.606 bits per heavy atom. The highest BCUT2D eigenvalue weighted by atomic mass is 32.2. The summed E-state index contributed by atoms with van der Waals surface area (Å²) in [5, 5.41) is 0. The van der Waals surface area contributed by atoms with Crippen LogP contribution in [0, 0.1) is 35.5 Å². The summed E-state index contributed by atoms with van der Waals surface area (Å²) in [4.78, 5) is 4.12. The lowest BCUT2D eigenvalue weighted by Gasteiger charge is -2.38. The van der Waals surface area contributed by atoms with Gasteiger partial charge in [0.05, 0.1) is 23.6 Å². The van der Waals surface area contributed by atoms with Crippen molar-refractivity contribution >= 4 is 10.9 Å². The SMILES string of the molecule is c1ccc([S+](c2ccccc2)c2ccc(COC3CC4CC3C3C5CCC(C5)C43)cc2)cc1. The molecular weight excluding hydrogens is 420 g/mol. The average Bonchev–Trinajstić information content (AvgIpc) is 3.66. The number of benzene rings is 3. The van der Waals surface area contributed by atoms with Gasteiger partial charge < -0.3 is 4.74 Å². The van der Waals surface area contributed by atoms with Crippen molar-refractivity contribution in [3.63, 3.8) is 0 Å². The first-order chi connectivity index (χ1) is 16.3. The van der Waals surface area contributed by atoms with Gasteiger partial charge in [-0.2, -0.15) is 0 Å². The van der Waals surface area contributed by atoms with Gasteiger partial charge in [0.2, 0.25) is 0 Å². The molecule has 1 nitrogen and oxygen atoms in total. The van der Waals surface area contributed by atoms with Crippen LogP contribution in [0.4, 0.5) is 0 Å². The quantitative estimate of drug-likeness (QED) is 0.280. The molecule has 7 unspecified atom stereocenters. The van der Waals surface area contributed by atoms with Crippen LogP contribution in [-0.2, 0) is 22.2 Å². The van der Waals surface area contributed by atoms with Crippen LogP contribution >= 0.6 is 0 Å². The van der Waals surface area contributed by atoms with Gasteiger partial charge in [0.1, 0.15) is 0 Å². The highest BCUT2D eigenvalue weighted by Crippen LogP contribution is 2.67. The molecule has 3 aromatic carbocycles. The molecule has 7 atom stereocenters. The number of rotatable bonds is 6.